The van der Waals surface area contributed by atoms with Crippen molar-refractivity contribution in [1.29, 1.82) is 0 Å². The van der Waals surface area contributed by atoms with Crippen LogP contribution < -0.4 is 5.32 Å². The molecule has 0 spiro atoms. The molecular formula is C26H31N3O6. The highest BCUT2D eigenvalue weighted by Gasteiger charge is 2.52. The van der Waals surface area contributed by atoms with Crippen LogP contribution >= 0.6 is 0 Å². The molecule has 1 aliphatic heterocycles. The molecule has 2 amide bonds. The van der Waals surface area contributed by atoms with E-state index in [2.05, 4.69) is 5.32 Å². The lowest BCUT2D eigenvalue weighted by Gasteiger charge is -2.31. The van der Waals surface area contributed by atoms with Gasteiger partial charge in [-0.2, -0.15) is 0 Å². The smallest absolute Gasteiger partial charge is 0.311 e. The van der Waals surface area contributed by atoms with E-state index >= 15 is 0 Å². The largest absolute Gasteiger partial charge is 0.469 e. The maximum absolute atomic E-state index is 13.4. The molecular weight excluding hydrogens is 450 g/mol. The number of hydrogen-bond donors (Lipinski definition) is 1. The summed E-state index contributed by atoms with van der Waals surface area (Å²) in [4.78, 5) is 52.2. The van der Waals surface area contributed by atoms with Gasteiger partial charge < -0.3 is 15.0 Å². The third-order valence-electron chi connectivity index (χ3n) is 6.21. The highest BCUT2D eigenvalue weighted by molar-refractivity contribution is 5.91. The summed E-state index contributed by atoms with van der Waals surface area (Å²) in [5, 5.41) is 14.7. The highest BCUT2D eigenvalue weighted by atomic mass is 16.6. The first-order chi connectivity index (χ1) is 16.6. The van der Waals surface area contributed by atoms with Crippen molar-refractivity contribution in [3.05, 3.63) is 75.3 Å². The summed E-state index contributed by atoms with van der Waals surface area (Å²) in [6.07, 6.45) is 0.139. The van der Waals surface area contributed by atoms with Crippen LogP contribution in [-0.4, -0.2) is 40.8 Å². The van der Waals surface area contributed by atoms with Gasteiger partial charge in [0.25, 0.3) is 5.69 Å². The average molecular weight is 482 g/mol. The molecule has 2 aromatic rings. The fourth-order valence-corrected chi connectivity index (χ4v) is 4.55. The van der Waals surface area contributed by atoms with Gasteiger partial charge >= 0.3 is 5.97 Å². The van der Waals surface area contributed by atoms with Crippen molar-refractivity contribution in [2.45, 2.75) is 52.2 Å². The number of aryl methyl sites for hydroxylation is 1. The lowest BCUT2D eigenvalue weighted by Crippen LogP contribution is -2.47. The summed E-state index contributed by atoms with van der Waals surface area (Å²) in [7, 11) is 1.23. The second-order valence-corrected chi connectivity index (χ2v) is 9.24. The molecule has 1 aliphatic rings. The van der Waals surface area contributed by atoms with Crippen LogP contribution in [0.3, 0.4) is 0 Å². The molecule has 9 nitrogen and oxygen atoms in total. The van der Waals surface area contributed by atoms with Crippen LogP contribution in [0.5, 0.6) is 0 Å². The summed E-state index contributed by atoms with van der Waals surface area (Å²) in [5.41, 5.74) is 1.98. The predicted octanol–water partition coefficient (Wildman–Crippen LogP) is 3.70. The quantitative estimate of drug-likeness (QED) is 0.349. The molecule has 9 heteroatoms. The van der Waals surface area contributed by atoms with Crippen molar-refractivity contribution >= 4 is 23.5 Å². The molecule has 0 saturated carbocycles. The van der Waals surface area contributed by atoms with Crippen molar-refractivity contribution in [2.75, 3.05) is 7.11 Å². The first-order valence-corrected chi connectivity index (χ1v) is 11.6. The number of nitrogens with zero attached hydrogens (tertiary/aromatic N) is 2. The number of esters is 1. The van der Waals surface area contributed by atoms with Crippen LogP contribution in [0.4, 0.5) is 5.69 Å². The van der Waals surface area contributed by atoms with Crippen LogP contribution in [0.1, 0.15) is 49.4 Å². The number of rotatable bonds is 8. The van der Waals surface area contributed by atoms with Crippen molar-refractivity contribution in [3.63, 3.8) is 0 Å². The van der Waals surface area contributed by atoms with Gasteiger partial charge in [-0.3, -0.25) is 24.5 Å². The van der Waals surface area contributed by atoms with E-state index in [0.717, 1.165) is 11.1 Å². The Morgan fingerprint density at radius 3 is 2.40 bits per heavy atom. The molecule has 0 aliphatic carbocycles. The van der Waals surface area contributed by atoms with Gasteiger partial charge in [-0.05, 0) is 24.8 Å². The molecule has 0 aromatic heterocycles. The Morgan fingerprint density at radius 1 is 1.14 bits per heavy atom. The molecule has 1 fully saturated rings. The second-order valence-electron chi connectivity index (χ2n) is 9.24. The lowest BCUT2D eigenvalue weighted by atomic mass is 9.91. The summed E-state index contributed by atoms with van der Waals surface area (Å²) < 4.78 is 4.99. The first kappa shape index (κ1) is 25.9. The van der Waals surface area contributed by atoms with Crippen molar-refractivity contribution in [1.82, 2.24) is 10.2 Å². The number of benzene rings is 2. The molecule has 1 heterocycles. The van der Waals surface area contributed by atoms with E-state index < -0.39 is 34.8 Å². The zero-order chi connectivity index (χ0) is 25.7. The molecule has 0 radical (unpaired) electrons. The number of nitro groups is 1. The Kier molecular flexibility index (Phi) is 8.22. The number of amides is 2. The number of ether oxygens (including phenoxy) is 1. The zero-order valence-electron chi connectivity index (χ0n) is 20.4. The molecule has 186 valence electrons. The number of carbonyl (C=O) groups is 3. The number of carbonyl (C=O) groups excluding carboxylic acids is 3. The van der Waals surface area contributed by atoms with E-state index in [4.69, 9.17) is 4.74 Å². The summed E-state index contributed by atoms with van der Waals surface area (Å²) in [5.74, 6) is -2.32. The number of para-hydroxylation sites is 1. The molecule has 2 aromatic carbocycles. The SMILES string of the molecule is COC(=O)C1CC(C(=O)NCc2ccc(C)cc2)N(C(=O)CC(C)C)C1c1ccccc1[N+](=O)[O-]. The number of nitrogens with one attached hydrogen (secondary N) is 1. The van der Waals surface area contributed by atoms with Gasteiger partial charge in [0.1, 0.15) is 6.04 Å². The first-order valence-electron chi connectivity index (χ1n) is 11.6. The normalized spacial score (nSPS) is 19.5. The van der Waals surface area contributed by atoms with Crippen LogP contribution in [0.15, 0.2) is 48.5 Å². The van der Waals surface area contributed by atoms with Gasteiger partial charge in [0.2, 0.25) is 11.8 Å². The second kappa shape index (κ2) is 11.1. The van der Waals surface area contributed by atoms with E-state index in [1.807, 2.05) is 45.0 Å². The maximum atomic E-state index is 13.4. The van der Waals surface area contributed by atoms with E-state index in [1.54, 1.807) is 6.07 Å². The number of likely N-dealkylation sites (tertiary alicyclic amines) is 1. The Bertz CT molecular complexity index is 1100. The summed E-state index contributed by atoms with van der Waals surface area (Å²) in [6.45, 7) is 5.96. The van der Waals surface area contributed by atoms with Gasteiger partial charge in [0, 0.05) is 19.0 Å². The number of hydrogen-bond acceptors (Lipinski definition) is 6. The zero-order valence-corrected chi connectivity index (χ0v) is 20.4. The molecule has 35 heavy (non-hydrogen) atoms. The minimum Gasteiger partial charge on any atom is -0.469 e. The minimum atomic E-state index is -0.995. The Hall–Kier alpha value is -3.75. The van der Waals surface area contributed by atoms with Gasteiger partial charge in [-0.15, -0.1) is 0 Å². The Labute approximate surface area is 204 Å². The lowest BCUT2D eigenvalue weighted by molar-refractivity contribution is -0.386. The van der Waals surface area contributed by atoms with E-state index in [-0.39, 0.29) is 42.5 Å². The predicted molar refractivity (Wildman–Crippen MR) is 129 cm³/mol. The maximum Gasteiger partial charge on any atom is 0.311 e. The van der Waals surface area contributed by atoms with Crippen LogP contribution in [0.25, 0.3) is 0 Å². The third-order valence-corrected chi connectivity index (χ3v) is 6.21. The molecule has 1 N–H and O–H groups in total. The molecule has 3 rings (SSSR count). The van der Waals surface area contributed by atoms with Crippen molar-refractivity contribution < 1.29 is 24.0 Å². The monoisotopic (exact) mass is 481 g/mol. The number of nitro benzene ring substituents is 1. The van der Waals surface area contributed by atoms with Crippen molar-refractivity contribution in [3.8, 4) is 0 Å². The minimum absolute atomic E-state index is 0.00690. The molecule has 1 saturated heterocycles. The fourth-order valence-electron chi connectivity index (χ4n) is 4.55. The van der Waals surface area contributed by atoms with Gasteiger partial charge in [-0.1, -0.05) is 61.9 Å². The topological polar surface area (TPSA) is 119 Å². The van der Waals surface area contributed by atoms with E-state index in [0.29, 0.717) is 0 Å². The Morgan fingerprint density at radius 2 is 1.80 bits per heavy atom. The number of methoxy groups -OCH3 is 1. The standard InChI is InChI=1S/C26H31N3O6/c1-16(2)13-23(30)28-22(25(31)27-15-18-11-9-17(3)10-12-18)14-20(26(32)35-4)24(28)19-7-5-6-8-21(19)29(33)34/h5-12,16,20,22,24H,13-15H2,1-4H3,(H,27,31). The summed E-state index contributed by atoms with van der Waals surface area (Å²) in [6, 6.07) is 11.7. The molecule has 3 atom stereocenters. The van der Waals surface area contributed by atoms with Gasteiger partial charge in [0.05, 0.1) is 29.6 Å². The average Bonchev–Trinajstić information content (AvgIpc) is 3.23. The van der Waals surface area contributed by atoms with Crippen LogP contribution in [0, 0.1) is 28.9 Å². The fraction of sp³-hybridized carbons (Fsp3) is 0.423. The highest BCUT2D eigenvalue weighted by Crippen LogP contribution is 2.45. The molecule has 0 bridgehead atoms. The van der Waals surface area contributed by atoms with Gasteiger partial charge in [0.15, 0.2) is 0 Å². The van der Waals surface area contributed by atoms with Crippen LogP contribution in [-0.2, 0) is 25.7 Å². The summed E-state index contributed by atoms with van der Waals surface area (Å²) >= 11 is 0. The van der Waals surface area contributed by atoms with Crippen LogP contribution in [0.2, 0.25) is 0 Å². The van der Waals surface area contributed by atoms with E-state index in [9.17, 15) is 24.5 Å². The Balaban J connectivity index is 2.01. The molecule has 3 unspecified atom stereocenters. The van der Waals surface area contributed by atoms with Crippen molar-refractivity contribution in [2.24, 2.45) is 11.8 Å². The van der Waals surface area contributed by atoms with E-state index in [1.165, 1.54) is 30.2 Å². The third kappa shape index (κ3) is 5.85. The van der Waals surface area contributed by atoms with Gasteiger partial charge in [-0.25, -0.2) is 0 Å².